The van der Waals surface area contributed by atoms with Gasteiger partial charge < -0.3 is 9.88 Å². The Kier molecular flexibility index (Phi) is 6.97. The molecule has 36 heavy (non-hydrogen) atoms. The number of amides is 3. The van der Waals surface area contributed by atoms with Crippen LogP contribution in [-0.4, -0.2) is 33.1 Å². The highest BCUT2D eigenvalue weighted by atomic mass is 127. The van der Waals surface area contributed by atoms with Gasteiger partial charge in [-0.05, 0) is 83.2 Å². The quantitative estimate of drug-likeness (QED) is 0.207. The Balaban J connectivity index is 1.36. The van der Waals surface area contributed by atoms with Gasteiger partial charge in [0.1, 0.15) is 6.54 Å². The van der Waals surface area contributed by atoms with E-state index in [1.54, 1.807) is 18.2 Å². The molecule has 0 atom stereocenters. The molecule has 4 aromatic rings. The summed E-state index contributed by atoms with van der Waals surface area (Å²) in [5.74, 6) is -0.882. The molecular weight excluding hydrogens is 585 g/mol. The lowest BCUT2D eigenvalue weighted by Gasteiger charge is -2.12. The van der Waals surface area contributed by atoms with Crippen molar-refractivity contribution in [2.24, 2.45) is 0 Å². The van der Waals surface area contributed by atoms with Crippen molar-refractivity contribution in [3.05, 3.63) is 104 Å². The van der Waals surface area contributed by atoms with E-state index in [4.69, 9.17) is 0 Å². The number of halogens is 1. The first-order valence-corrected chi connectivity index (χ1v) is 13.2. The number of aromatic nitrogens is 1. The van der Waals surface area contributed by atoms with Crippen LogP contribution in [-0.2, 0) is 16.1 Å². The minimum Gasteiger partial charge on any atom is -0.342 e. The Hall–Kier alpha value is -3.37. The molecule has 2 heterocycles. The number of carbonyl (C=O) groups excluding carboxylic acids is 3. The number of para-hydroxylation sites is 1. The second-order valence-electron chi connectivity index (χ2n) is 8.54. The molecule has 6 nitrogen and oxygen atoms in total. The molecule has 3 aromatic carbocycles. The maximum atomic E-state index is 13.0. The van der Waals surface area contributed by atoms with E-state index in [1.165, 1.54) is 11.1 Å². The Bertz CT molecular complexity index is 1510. The number of thioether (sulfide) groups is 1. The van der Waals surface area contributed by atoms with E-state index >= 15 is 0 Å². The number of anilines is 1. The summed E-state index contributed by atoms with van der Waals surface area (Å²) in [6.07, 6.45) is 3.75. The summed E-state index contributed by atoms with van der Waals surface area (Å²) >= 11 is 3.04. The standard InChI is InChI=1S/C28H22IN3O3S/c1-18-6-8-19(9-7-18)15-31-16-20(23-4-2-3-5-24(23)31)14-25-27(34)32(28(35)36-25)17-26(33)30-22-12-10-21(29)11-13-22/h2-14,16H,15,17H2,1H3,(H,30,33)/b25-14-. The Labute approximate surface area is 226 Å². The van der Waals surface area contributed by atoms with E-state index in [-0.39, 0.29) is 6.54 Å². The fourth-order valence-corrected chi connectivity index (χ4v) is 5.25. The van der Waals surface area contributed by atoms with Gasteiger partial charge in [-0.25, -0.2) is 0 Å². The van der Waals surface area contributed by atoms with Crippen molar-refractivity contribution in [1.82, 2.24) is 9.47 Å². The summed E-state index contributed by atoms with van der Waals surface area (Å²) in [5, 5.41) is 3.28. The van der Waals surface area contributed by atoms with Gasteiger partial charge in [-0.15, -0.1) is 0 Å². The van der Waals surface area contributed by atoms with Gasteiger partial charge in [0.05, 0.1) is 4.91 Å². The zero-order valence-electron chi connectivity index (χ0n) is 19.4. The monoisotopic (exact) mass is 607 g/mol. The lowest BCUT2D eigenvalue weighted by molar-refractivity contribution is -0.127. The minimum absolute atomic E-state index is 0.306. The van der Waals surface area contributed by atoms with Gasteiger partial charge in [0.25, 0.3) is 11.1 Å². The molecule has 0 bridgehead atoms. The molecule has 1 aliphatic heterocycles. The Morgan fingerprint density at radius 3 is 2.47 bits per heavy atom. The zero-order chi connectivity index (χ0) is 25.2. The second kappa shape index (κ2) is 10.3. The van der Waals surface area contributed by atoms with Crippen molar-refractivity contribution in [2.75, 3.05) is 11.9 Å². The summed E-state index contributed by atoms with van der Waals surface area (Å²) in [5.41, 5.74) is 4.89. The third kappa shape index (κ3) is 5.24. The number of carbonyl (C=O) groups is 3. The number of hydrogen-bond acceptors (Lipinski definition) is 4. The first-order valence-electron chi connectivity index (χ1n) is 11.3. The average Bonchev–Trinajstić information content (AvgIpc) is 3.34. The van der Waals surface area contributed by atoms with Crippen molar-refractivity contribution in [1.29, 1.82) is 0 Å². The molecular formula is C28H22IN3O3S. The molecule has 0 radical (unpaired) electrons. The van der Waals surface area contributed by atoms with Crippen LogP contribution < -0.4 is 5.32 Å². The molecule has 0 unspecified atom stereocenters. The smallest absolute Gasteiger partial charge is 0.294 e. The normalized spacial score (nSPS) is 14.7. The maximum absolute atomic E-state index is 13.0. The largest absolute Gasteiger partial charge is 0.342 e. The van der Waals surface area contributed by atoms with Crippen LogP contribution in [0.5, 0.6) is 0 Å². The molecule has 180 valence electrons. The molecule has 0 spiro atoms. The number of aryl methyl sites for hydroxylation is 1. The molecule has 5 rings (SSSR count). The maximum Gasteiger partial charge on any atom is 0.294 e. The summed E-state index contributed by atoms with van der Waals surface area (Å²) in [7, 11) is 0. The van der Waals surface area contributed by atoms with Crippen LogP contribution in [0.1, 0.15) is 16.7 Å². The van der Waals surface area contributed by atoms with Gasteiger partial charge in [0, 0.05) is 38.5 Å². The molecule has 8 heteroatoms. The topological polar surface area (TPSA) is 71.4 Å². The van der Waals surface area contributed by atoms with Gasteiger partial charge in [-0.2, -0.15) is 0 Å². The van der Waals surface area contributed by atoms with Crippen LogP contribution in [0.15, 0.2) is 83.9 Å². The Morgan fingerprint density at radius 1 is 1.00 bits per heavy atom. The molecule has 3 amide bonds. The van der Waals surface area contributed by atoms with Gasteiger partial charge >= 0.3 is 0 Å². The van der Waals surface area contributed by atoms with Crippen molar-refractivity contribution in [3.63, 3.8) is 0 Å². The molecule has 1 fully saturated rings. The van der Waals surface area contributed by atoms with Crippen LogP contribution in [0.2, 0.25) is 0 Å². The summed E-state index contributed by atoms with van der Waals surface area (Å²) in [4.78, 5) is 39.4. The number of nitrogens with zero attached hydrogens (tertiary/aromatic N) is 2. The molecule has 0 saturated carbocycles. The lowest BCUT2D eigenvalue weighted by atomic mass is 10.1. The van der Waals surface area contributed by atoms with Crippen LogP contribution in [0.3, 0.4) is 0 Å². The first kappa shape index (κ1) is 24.3. The molecule has 0 aliphatic carbocycles. The van der Waals surface area contributed by atoms with Crippen LogP contribution >= 0.6 is 34.4 Å². The van der Waals surface area contributed by atoms with Gasteiger partial charge in [0.15, 0.2) is 0 Å². The van der Waals surface area contributed by atoms with Crippen LogP contribution in [0.25, 0.3) is 17.0 Å². The molecule has 1 N–H and O–H groups in total. The lowest BCUT2D eigenvalue weighted by Crippen LogP contribution is -2.36. The minimum atomic E-state index is -0.460. The van der Waals surface area contributed by atoms with Gasteiger partial charge in [-0.3, -0.25) is 19.3 Å². The fraction of sp³-hybridized carbons (Fsp3) is 0.107. The number of rotatable bonds is 6. The zero-order valence-corrected chi connectivity index (χ0v) is 22.4. The molecule has 1 aromatic heterocycles. The predicted molar refractivity (Wildman–Crippen MR) is 153 cm³/mol. The van der Waals surface area contributed by atoms with E-state index in [0.29, 0.717) is 17.1 Å². The number of imide groups is 1. The second-order valence-corrected chi connectivity index (χ2v) is 10.8. The highest BCUT2D eigenvalue weighted by Crippen LogP contribution is 2.34. The van der Waals surface area contributed by atoms with E-state index < -0.39 is 17.1 Å². The van der Waals surface area contributed by atoms with E-state index in [1.807, 2.05) is 42.6 Å². The van der Waals surface area contributed by atoms with Crippen LogP contribution in [0.4, 0.5) is 10.5 Å². The van der Waals surface area contributed by atoms with E-state index in [9.17, 15) is 14.4 Å². The highest BCUT2D eigenvalue weighted by molar-refractivity contribution is 14.1. The number of hydrogen-bond donors (Lipinski definition) is 1. The van der Waals surface area contributed by atoms with Gasteiger partial charge in [-0.1, -0.05) is 48.0 Å². The summed E-state index contributed by atoms with van der Waals surface area (Å²) in [6.45, 7) is 2.42. The van der Waals surface area contributed by atoms with E-state index in [0.717, 1.165) is 36.7 Å². The number of nitrogens with one attached hydrogen (secondary N) is 1. The highest BCUT2D eigenvalue weighted by Gasteiger charge is 2.36. The number of benzene rings is 3. The SMILES string of the molecule is Cc1ccc(Cn2cc(/C=C3\SC(=O)N(CC(=O)Nc4ccc(I)cc4)C3=O)c3ccccc32)cc1. The van der Waals surface area contributed by atoms with Gasteiger partial charge in [0.2, 0.25) is 5.91 Å². The van der Waals surface area contributed by atoms with Crippen molar-refractivity contribution in [3.8, 4) is 0 Å². The molecule has 1 saturated heterocycles. The van der Waals surface area contributed by atoms with Crippen LogP contribution in [0, 0.1) is 10.5 Å². The molecule has 1 aliphatic rings. The predicted octanol–water partition coefficient (Wildman–Crippen LogP) is 6.28. The third-order valence-corrected chi connectivity index (χ3v) is 7.51. The Morgan fingerprint density at radius 2 is 1.72 bits per heavy atom. The summed E-state index contributed by atoms with van der Waals surface area (Å²) in [6, 6.07) is 23.7. The van der Waals surface area contributed by atoms with Crippen molar-refractivity contribution >= 4 is 74.1 Å². The summed E-state index contributed by atoms with van der Waals surface area (Å²) < 4.78 is 3.19. The van der Waals surface area contributed by atoms with Crippen molar-refractivity contribution in [2.45, 2.75) is 13.5 Å². The number of fused-ring (bicyclic) bond motifs is 1. The van der Waals surface area contributed by atoms with E-state index in [2.05, 4.69) is 63.7 Å². The third-order valence-electron chi connectivity index (χ3n) is 5.88. The fourth-order valence-electron chi connectivity index (χ4n) is 4.07. The first-order chi connectivity index (χ1) is 17.4. The van der Waals surface area contributed by atoms with Crippen molar-refractivity contribution < 1.29 is 14.4 Å². The average molecular weight is 607 g/mol.